The molecule has 18 heavy (non-hydrogen) atoms. The molecule has 1 aliphatic rings. The van der Waals surface area contributed by atoms with Crippen LogP contribution in [-0.2, 0) is 11.3 Å². The predicted molar refractivity (Wildman–Crippen MR) is 73.0 cm³/mol. The second-order valence-electron chi connectivity index (χ2n) is 4.70. The molecule has 1 aliphatic carbocycles. The van der Waals surface area contributed by atoms with Gasteiger partial charge in [0.2, 0.25) is 0 Å². The number of ether oxygens (including phenoxy) is 1. The van der Waals surface area contributed by atoms with Gasteiger partial charge < -0.3 is 15.2 Å². The second kappa shape index (κ2) is 6.98. The molecule has 0 aromatic heterocycles. The van der Waals surface area contributed by atoms with Crippen LogP contribution in [0.4, 0.5) is 0 Å². The smallest absolute Gasteiger partial charge is 0.138 e. The first-order chi connectivity index (χ1) is 8.77. The summed E-state index contributed by atoms with van der Waals surface area (Å²) < 4.78 is 5.74. The van der Waals surface area contributed by atoms with Crippen molar-refractivity contribution in [2.45, 2.75) is 38.3 Å². The van der Waals surface area contributed by atoms with Crippen molar-refractivity contribution in [2.24, 2.45) is 0 Å². The van der Waals surface area contributed by atoms with Gasteiger partial charge in [0, 0.05) is 18.7 Å². The van der Waals surface area contributed by atoms with Crippen LogP contribution in [-0.4, -0.2) is 24.4 Å². The molecule has 0 saturated heterocycles. The molecule has 1 aromatic carbocycles. The van der Waals surface area contributed by atoms with E-state index in [1.54, 1.807) is 6.07 Å². The van der Waals surface area contributed by atoms with Gasteiger partial charge in [-0.3, -0.25) is 0 Å². The number of para-hydroxylation sites is 1. The molecule has 0 amide bonds. The predicted octanol–water partition coefficient (Wildman–Crippen LogP) is 3.09. The van der Waals surface area contributed by atoms with Gasteiger partial charge >= 0.3 is 0 Å². The van der Waals surface area contributed by atoms with Gasteiger partial charge in [-0.2, -0.15) is 0 Å². The molecule has 0 atom stereocenters. The summed E-state index contributed by atoms with van der Waals surface area (Å²) in [6.45, 7) is 2.13. The Labute approximate surface area is 113 Å². The van der Waals surface area contributed by atoms with Crippen LogP contribution in [0.3, 0.4) is 0 Å². The van der Waals surface area contributed by atoms with E-state index in [0.717, 1.165) is 18.7 Å². The van der Waals surface area contributed by atoms with Gasteiger partial charge in [-0.1, -0.05) is 36.6 Å². The standard InChI is InChI=1S/C14H20ClNO2/c15-13-7-3-4-11(14(13)17)10-16-8-9-18-12-5-1-2-6-12/h3-4,7,12,16-17H,1-2,5-6,8-10H2. The monoisotopic (exact) mass is 269 g/mol. The SMILES string of the molecule is Oc1c(Cl)cccc1CNCCOC1CCCC1. The fraction of sp³-hybridized carbons (Fsp3) is 0.571. The van der Waals surface area contributed by atoms with Gasteiger partial charge in [-0.15, -0.1) is 0 Å². The number of aromatic hydroxyl groups is 1. The maximum absolute atomic E-state index is 9.72. The minimum atomic E-state index is 0.170. The van der Waals surface area contributed by atoms with Gasteiger partial charge in [0.25, 0.3) is 0 Å². The van der Waals surface area contributed by atoms with E-state index in [9.17, 15) is 5.11 Å². The molecule has 1 aromatic rings. The Morgan fingerprint density at radius 3 is 2.89 bits per heavy atom. The molecule has 2 N–H and O–H groups in total. The lowest BCUT2D eigenvalue weighted by Gasteiger charge is -2.12. The lowest BCUT2D eigenvalue weighted by molar-refractivity contribution is 0.0602. The van der Waals surface area contributed by atoms with E-state index in [1.165, 1.54) is 25.7 Å². The summed E-state index contributed by atoms with van der Waals surface area (Å²) in [5.41, 5.74) is 0.823. The zero-order valence-electron chi connectivity index (χ0n) is 10.5. The van der Waals surface area contributed by atoms with Gasteiger partial charge in [0.1, 0.15) is 5.75 Å². The van der Waals surface area contributed by atoms with Crippen LogP contribution in [0.15, 0.2) is 18.2 Å². The third kappa shape index (κ3) is 3.87. The molecule has 1 saturated carbocycles. The zero-order chi connectivity index (χ0) is 12.8. The van der Waals surface area contributed by atoms with E-state index < -0.39 is 0 Å². The number of phenols is 1. The van der Waals surface area contributed by atoms with Crippen LogP contribution < -0.4 is 5.32 Å². The first-order valence-corrected chi connectivity index (χ1v) is 6.94. The Morgan fingerprint density at radius 1 is 1.33 bits per heavy atom. The largest absolute Gasteiger partial charge is 0.506 e. The van der Waals surface area contributed by atoms with E-state index in [1.807, 2.05) is 12.1 Å². The molecule has 0 bridgehead atoms. The summed E-state index contributed by atoms with van der Waals surface area (Å²) in [5, 5.41) is 13.4. The summed E-state index contributed by atoms with van der Waals surface area (Å²) in [6.07, 6.45) is 5.47. The van der Waals surface area contributed by atoms with Crippen LogP contribution in [0, 0.1) is 0 Å². The van der Waals surface area contributed by atoms with Crippen molar-refractivity contribution in [1.82, 2.24) is 5.32 Å². The van der Waals surface area contributed by atoms with Crippen molar-refractivity contribution in [3.8, 4) is 5.75 Å². The van der Waals surface area contributed by atoms with Crippen LogP contribution in [0.1, 0.15) is 31.2 Å². The van der Waals surface area contributed by atoms with Crippen molar-refractivity contribution in [3.05, 3.63) is 28.8 Å². The highest BCUT2D eigenvalue weighted by Gasteiger charge is 2.14. The highest BCUT2D eigenvalue weighted by molar-refractivity contribution is 6.32. The molecule has 0 heterocycles. The molecule has 4 heteroatoms. The van der Waals surface area contributed by atoms with Crippen molar-refractivity contribution < 1.29 is 9.84 Å². The van der Waals surface area contributed by atoms with E-state index in [-0.39, 0.29) is 5.75 Å². The molecular formula is C14H20ClNO2. The summed E-state index contributed by atoms with van der Waals surface area (Å²) in [4.78, 5) is 0. The number of benzene rings is 1. The third-order valence-electron chi connectivity index (χ3n) is 3.32. The van der Waals surface area contributed by atoms with Crippen LogP contribution >= 0.6 is 11.6 Å². The maximum atomic E-state index is 9.72. The lowest BCUT2D eigenvalue weighted by atomic mass is 10.2. The average Bonchev–Trinajstić information content (AvgIpc) is 2.87. The fourth-order valence-corrected chi connectivity index (χ4v) is 2.47. The maximum Gasteiger partial charge on any atom is 0.138 e. The highest BCUT2D eigenvalue weighted by atomic mass is 35.5. The first kappa shape index (κ1) is 13.7. The van der Waals surface area contributed by atoms with Gasteiger partial charge in [0.05, 0.1) is 17.7 Å². The highest BCUT2D eigenvalue weighted by Crippen LogP contribution is 2.26. The van der Waals surface area contributed by atoms with Gasteiger partial charge in [-0.05, 0) is 18.9 Å². The van der Waals surface area contributed by atoms with Crippen LogP contribution in [0.25, 0.3) is 0 Å². The fourth-order valence-electron chi connectivity index (χ4n) is 2.28. The molecule has 0 spiro atoms. The third-order valence-corrected chi connectivity index (χ3v) is 3.63. The number of halogens is 1. The summed E-state index contributed by atoms with van der Waals surface area (Å²) >= 11 is 5.84. The molecule has 100 valence electrons. The summed E-state index contributed by atoms with van der Waals surface area (Å²) in [5.74, 6) is 0.170. The second-order valence-corrected chi connectivity index (χ2v) is 5.11. The average molecular weight is 270 g/mol. The minimum absolute atomic E-state index is 0.170. The van der Waals surface area contributed by atoms with Crippen molar-refractivity contribution in [2.75, 3.05) is 13.2 Å². The van der Waals surface area contributed by atoms with Crippen molar-refractivity contribution in [1.29, 1.82) is 0 Å². The molecule has 0 aliphatic heterocycles. The van der Waals surface area contributed by atoms with Gasteiger partial charge in [-0.25, -0.2) is 0 Å². The molecule has 0 radical (unpaired) electrons. The number of nitrogens with one attached hydrogen (secondary N) is 1. The minimum Gasteiger partial charge on any atom is -0.506 e. The van der Waals surface area contributed by atoms with E-state index in [0.29, 0.717) is 17.7 Å². The Hall–Kier alpha value is -0.770. The topological polar surface area (TPSA) is 41.5 Å². The number of phenolic OH excluding ortho intramolecular Hbond substituents is 1. The normalized spacial score (nSPS) is 16.3. The Balaban J connectivity index is 1.64. The molecular weight excluding hydrogens is 250 g/mol. The van der Waals surface area contributed by atoms with Crippen molar-refractivity contribution in [3.63, 3.8) is 0 Å². The number of rotatable bonds is 6. The van der Waals surface area contributed by atoms with E-state index in [2.05, 4.69) is 5.32 Å². The number of hydrogen-bond acceptors (Lipinski definition) is 3. The Kier molecular flexibility index (Phi) is 5.29. The number of hydrogen-bond donors (Lipinski definition) is 2. The molecule has 3 nitrogen and oxygen atoms in total. The summed E-state index contributed by atoms with van der Waals surface area (Å²) in [6, 6.07) is 5.39. The first-order valence-electron chi connectivity index (χ1n) is 6.56. The van der Waals surface area contributed by atoms with Crippen LogP contribution in [0.5, 0.6) is 5.75 Å². The molecule has 0 unspecified atom stereocenters. The Morgan fingerprint density at radius 2 is 2.11 bits per heavy atom. The summed E-state index contributed by atoms with van der Waals surface area (Å²) in [7, 11) is 0. The van der Waals surface area contributed by atoms with Crippen molar-refractivity contribution >= 4 is 11.6 Å². The van der Waals surface area contributed by atoms with Crippen LogP contribution in [0.2, 0.25) is 5.02 Å². The molecule has 2 rings (SSSR count). The quantitative estimate of drug-likeness (QED) is 0.780. The van der Waals surface area contributed by atoms with E-state index >= 15 is 0 Å². The van der Waals surface area contributed by atoms with Gasteiger partial charge in [0.15, 0.2) is 0 Å². The van der Waals surface area contributed by atoms with E-state index in [4.69, 9.17) is 16.3 Å². The molecule has 1 fully saturated rings. The zero-order valence-corrected chi connectivity index (χ0v) is 11.2. The lowest BCUT2D eigenvalue weighted by Crippen LogP contribution is -2.21. The Bertz CT molecular complexity index is 378.